The van der Waals surface area contributed by atoms with Crippen molar-refractivity contribution in [1.82, 2.24) is 0 Å². The van der Waals surface area contributed by atoms with Gasteiger partial charge in [0.2, 0.25) is 0 Å². The number of rotatable bonds is 4. The van der Waals surface area contributed by atoms with Gasteiger partial charge >= 0.3 is 0 Å². The van der Waals surface area contributed by atoms with Crippen molar-refractivity contribution in [2.24, 2.45) is 0 Å². The maximum Gasteiger partial charge on any atom is 0.0991 e. The zero-order chi connectivity index (χ0) is 11.1. The Morgan fingerprint density at radius 3 is 2.33 bits per heavy atom. The molecule has 0 aliphatic carbocycles. The highest BCUT2D eigenvalue weighted by Gasteiger charge is 2.09. The molecule has 0 saturated heterocycles. The van der Waals surface area contributed by atoms with Crippen molar-refractivity contribution in [1.29, 1.82) is 10.5 Å². The van der Waals surface area contributed by atoms with E-state index in [9.17, 15) is 0 Å². The molecule has 0 bridgehead atoms. The number of unbranched alkanes of at least 4 members (excludes halogenated alkanes) is 1. The van der Waals surface area contributed by atoms with Gasteiger partial charge in [0.1, 0.15) is 0 Å². The fourth-order valence-corrected chi connectivity index (χ4v) is 1.50. The van der Waals surface area contributed by atoms with Crippen LogP contribution in [0.4, 0.5) is 0 Å². The summed E-state index contributed by atoms with van der Waals surface area (Å²) in [6.07, 6.45) is 3.07. The minimum Gasteiger partial charge on any atom is -0.198 e. The third kappa shape index (κ3) is 3.11. The second kappa shape index (κ2) is 5.83. The monoisotopic (exact) mass is 198 g/mol. The van der Waals surface area contributed by atoms with E-state index in [0.29, 0.717) is 5.56 Å². The van der Waals surface area contributed by atoms with E-state index in [1.54, 1.807) is 12.1 Å². The molecule has 1 aromatic carbocycles. The first-order valence-corrected chi connectivity index (χ1v) is 5.21. The fraction of sp³-hybridized carbons (Fsp3) is 0.385. The normalized spacial score (nSPS) is 11.4. The molecule has 2 nitrogen and oxygen atoms in total. The highest BCUT2D eigenvalue weighted by molar-refractivity contribution is 5.34. The summed E-state index contributed by atoms with van der Waals surface area (Å²) in [6.45, 7) is 2.12. The summed E-state index contributed by atoms with van der Waals surface area (Å²) in [4.78, 5) is 0. The molecule has 0 radical (unpaired) electrons. The summed E-state index contributed by atoms with van der Waals surface area (Å²) in [5.74, 6) is -0.0299. The fourth-order valence-electron chi connectivity index (χ4n) is 1.50. The molecular formula is C13H14N2. The Balaban J connectivity index is 2.76. The average Bonchev–Trinajstić information content (AvgIpc) is 2.31. The van der Waals surface area contributed by atoms with Crippen LogP contribution in [0.25, 0.3) is 0 Å². The molecule has 1 aromatic rings. The highest BCUT2D eigenvalue weighted by atomic mass is 14.3. The summed E-state index contributed by atoms with van der Waals surface area (Å²) < 4.78 is 0. The van der Waals surface area contributed by atoms with Crippen LogP contribution in [0.2, 0.25) is 0 Å². The lowest BCUT2D eigenvalue weighted by molar-refractivity contribution is 0.671. The van der Waals surface area contributed by atoms with E-state index in [1.165, 1.54) is 0 Å². The Morgan fingerprint density at radius 2 is 1.87 bits per heavy atom. The van der Waals surface area contributed by atoms with Crippen LogP contribution in [0.5, 0.6) is 0 Å². The third-order valence-corrected chi connectivity index (χ3v) is 2.44. The molecule has 0 heterocycles. The van der Waals surface area contributed by atoms with Gasteiger partial charge in [0, 0.05) is 0 Å². The molecule has 0 aliphatic rings. The van der Waals surface area contributed by atoms with E-state index in [0.717, 1.165) is 24.8 Å². The van der Waals surface area contributed by atoms with E-state index in [2.05, 4.69) is 19.1 Å². The smallest absolute Gasteiger partial charge is 0.0991 e. The molecule has 0 aromatic heterocycles. The van der Waals surface area contributed by atoms with Crippen molar-refractivity contribution in [3.05, 3.63) is 35.4 Å². The van der Waals surface area contributed by atoms with Crippen LogP contribution in [-0.4, -0.2) is 0 Å². The van der Waals surface area contributed by atoms with Gasteiger partial charge in [0.05, 0.1) is 23.6 Å². The van der Waals surface area contributed by atoms with Gasteiger partial charge in [-0.05, 0) is 24.1 Å². The van der Waals surface area contributed by atoms with Gasteiger partial charge in [0.25, 0.3) is 0 Å². The standard InChI is InChI=1S/C13H14N2/c1-2-3-4-13(10-15)12-7-5-11(9-14)6-8-12/h5-8,13H,2-4H2,1H3. The van der Waals surface area contributed by atoms with Gasteiger partial charge in [-0.25, -0.2) is 0 Å². The third-order valence-electron chi connectivity index (χ3n) is 2.44. The van der Waals surface area contributed by atoms with Crippen molar-refractivity contribution in [3.8, 4) is 12.1 Å². The predicted octanol–water partition coefficient (Wildman–Crippen LogP) is 3.36. The Kier molecular flexibility index (Phi) is 4.38. The van der Waals surface area contributed by atoms with Crippen molar-refractivity contribution < 1.29 is 0 Å². The maximum absolute atomic E-state index is 9.02. The second-order valence-corrected chi connectivity index (χ2v) is 3.56. The Bertz CT molecular complexity index is 378. The molecule has 76 valence electrons. The lowest BCUT2D eigenvalue weighted by Crippen LogP contribution is -1.95. The van der Waals surface area contributed by atoms with E-state index in [4.69, 9.17) is 10.5 Å². The van der Waals surface area contributed by atoms with Gasteiger partial charge in [-0.1, -0.05) is 31.9 Å². The summed E-state index contributed by atoms with van der Waals surface area (Å²) >= 11 is 0. The number of benzene rings is 1. The molecule has 1 rings (SSSR count). The Morgan fingerprint density at radius 1 is 1.20 bits per heavy atom. The number of hydrogen-bond acceptors (Lipinski definition) is 2. The molecule has 0 N–H and O–H groups in total. The first-order valence-electron chi connectivity index (χ1n) is 5.21. The van der Waals surface area contributed by atoms with Crippen LogP contribution < -0.4 is 0 Å². The predicted molar refractivity (Wildman–Crippen MR) is 59.0 cm³/mol. The van der Waals surface area contributed by atoms with Crippen LogP contribution in [-0.2, 0) is 0 Å². The number of nitrogens with zero attached hydrogens (tertiary/aromatic N) is 2. The van der Waals surface area contributed by atoms with Crippen LogP contribution in [0, 0.1) is 22.7 Å². The van der Waals surface area contributed by atoms with Gasteiger partial charge < -0.3 is 0 Å². The zero-order valence-corrected chi connectivity index (χ0v) is 8.90. The quantitative estimate of drug-likeness (QED) is 0.744. The van der Waals surface area contributed by atoms with Crippen LogP contribution in [0.15, 0.2) is 24.3 Å². The van der Waals surface area contributed by atoms with Crippen molar-refractivity contribution in [2.75, 3.05) is 0 Å². The van der Waals surface area contributed by atoms with Crippen LogP contribution in [0.3, 0.4) is 0 Å². The van der Waals surface area contributed by atoms with Gasteiger partial charge in [-0.15, -0.1) is 0 Å². The Labute approximate surface area is 90.8 Å². The maximum atomic E-state index is 9.02. The van der Waals surface area contributed by atoms with E-state index in [-0.39, 0.29) is 5.92 Å². The summed E-state index contributed by atoms with van der Waals surface area (Å²) in [7, 11) is 0. The van der Waals surface area contributed by atoms with E-state index in [1.807, 2.05) is 12.1 Å². The number of nitriles is 2. The van der Waals surface area contributed by atoms with Crippen molar-refractivity contribution >= 4 is 0 Å². The van der Waals surface area contributed by atoms with E-state index >= 15 is 0 Å². The lowest BCUT2D eigenvalue weighted by atomic mass is 9.94. The van der Waals surface area contributed by atoms with Crippen molar-refractivity contribution in [2.45, 2.75) is 32.1 Å². The Hall–Kier alpha value is -1.80. The minimum absolute atomic E-state index is 0.0299. The highest BCUT2D eigenvalue weighted by Crippen LogP contribution is 2.21. The van der Waals surface area contributed by atoms with Gasteiger partial charge in [-0.3, -0.25) is 0 Å². The molecule has 0 fully saturated rings. The average molecular weight is 198 g/mol. The van der Waals surface area contributed by atoms with Gasteiger partial charge in [-0.2, -0.15) is 10.5 Å². The first kappa shape index (κ1) is 11.3. The second-order valence-electron chi connectivity index (χ2n) is 3.56. The zero-order valence-electron chi connectivity index (χ0n) is 8.90. The summed E-state index contributed by atoms with van der Waals surface area (Å²) in [6, 6.07) is 11.7. The van der Waals surface area contributed by atoms with Crippen molar-refractivity contribution in [3.63, 3.8) is 0 Å². The molecule has 0 amide bonds. The van der Waals surface area contributed by atoms with Gasteiger partial charge in [0.15, 0.2) is 0 Å². The van der Waals surface area contributed by atoms with Crippen LogP contribution in [0.1, 0.15) is 43.2 Å². The number of hydrogen-bond donors (Lipinski definition) is 0. The molecule has 1 unspecified atom stereocenters. The molecule has 2 heteroatoms. The topological polar surface area (TPSA) is 47.6 Å². The molecule has 0 spiro atoms. The minimum atomic E-state index is -0.0299. The largest absolute Gasteiger partial charge is 0.198 e. The SMILES string of the molecule is CCCCC(C#N)c1ccc(C#N)cc1. The molecule has 0 aliphatic heterocycles. The van der Waals surface area contributed by atoms with E-state index < -0.39 is 0 Å². The molecule has 15 heavy (non-hydrogen) atoms. The molecule has 1 atom stereocenters. The summed E-state index contributed by atoms with van der Waals surface area (Å²) in [5, 5.41) is 17.7. The molecule has 0 saturated carbocycles. The summed E-state index contributed by atoms with van der Waals surface area (Å²) in [5.41, 5.74) is 1.66. The lowest BCUT2D eigenvalue weighted by Gasteiger charge is -2.08. The first-order chi connectivity index (χ1) is 7.31. The van der Waals surface area contributed by atoms with Crippen LogP contribution >= 0.6 is 0 Å². The molecular weight excluding hydrogens is 184 g/mol.